The van der Waals surface area contributed by atoms with Crippen LogP contribution in [0.5, 0.6) is 0 Å². The van der Waals surface area contributed by atoms with Crippen molar-refractivity contribution in [2.24, 2.45) is 0 Å². The van der Waals surface area contributed by atoms with Gasteiger partial charge in [0.25, 0.3) is 0 Å². The summed E-state index contributed by atoms with van der Waals surface area (Å²) in [6, 6.07) is 5.43. The van der Waals surface area contributed by atoms with E-state index in [0.717, 1.165) is 22.2 Å². The lowest BCUT2D eigenvalue weighted by atomic mass is 10.1. The molecular formula is C16H21ClN4O2. The molecular weight excluding hydrogens is 316 g/mol. The predicted octanol–water partition coefficient (Wildman–Crippen LogP) is 2.06. The first kappa shape index (κ1) is 17.1. The van der Waals surface area contributed by atoms with Crippen molar-refractivity contribution in [2.45, 2.75) is 13.3 Å². The Morgan fingerprint density at radius 1 is 1.26 bits per heavy atom. The van der Waals surface area contributed by atoms with Gasteiger partial charge in [0.05, 0.1) is 6.54 Å². The number of fused-ring (bicyclic) bond motifs is 1. The van der Waals surface area contributed by atoms with Crippen molar-refractivity contribution in [3.8, 4) is 0 Å². The third-order valence-corrected chi connectivity index (χ3v) is 3.82. The number of aromatic amines is 1. The molecule has 3 N–H and O–H groups in total. The number of rotatable bonds is 5. The SMILES string of the molecule is Cc1[nH]c2ccc(Cl)cc2c1CCNC(=O)CNC(=O)N(C)C. The number of nitrogens with one attached hydrogen (secondary N) is 3. The highest BCUT2D eigenvalue weighted by atomic mass is 35.5. The summed E-state index contributed by atoms with van der Waals surface area (Å²) in [5, 5.41) is 7.09. The predicted molar refractivity (Wildman–Crippen MR) is 91.8 cm³/mol. The van der Waals surface area contributed by atoms with E-state index >= 15 is 0 Å². The van der Waals surface area contributed by atoms with Gasteiger partial charge in [-0.2, -0.15) is 0 Å². The summed E-state index contributed by atoms with van der Waals surface area (Å²) in [7, 11) is 3.25. The fraction of sp³-hybridized carbons (Fsp3) is 0.375. The maximum atomic E-state index is 11.7. The fourth-order valence-electron chi connectivity index (χ4n) is 2.38. The minimum Gasteiger partial charge on any atom is -0.358 e. The molecule has 6 nitrogen and oxygen atoms in total. The molecule has 0 unspecified atom stereocenters. The van der Waals surface area contributed by atoms with E-state index in [-0.39, 0.29) is 18.5 Å². The minimum absolute atomic E-state index is 0.0320. The Hall–Kier alpha value is -2.21. The number of amides is 3. The number of aryl methyl sites for hydroxylation is 1. The maximum absolute atomic E-state index is 11.7. The molecule has 0 fully saturated rings. The van der Waals surface area contributed by atoms with Crippen LogP contribution >= 0.6 is 11.6 Å². The van der Waals surface area contributed by atoms with Crippen LogP contribution < -0.4 is 10.6 Å². The first-order valence-corrected chi connectivity index (χ1v) is 7.75. The number of carbonyl (C=O) groups is 2. The zero-order valence-corrected chi connectivity index (χ0v) is 14.3. The summed E-state index contributed by atoms with van der Waals surface area (Å²) < 4.78 is 0. The van der Waals surface area contributed by atoms with Crippen LogP contribution in [-0.4, -0.2) is 49.0 Å². The van der Waals surface area contributed by atoms with Gasteiger partial charge in [-0.05, 0) is 37.1 Å². The van der Waals surface area contributed by atoms with Crippen LogP contribution in [0.25, 0.3) is 10.9 Å². The number of benzene rings is 1. The Morgan fingerprint density at radius 2 is 2.00 bits per heavy atom. The van der Waals surface area contributed by atoms with Crippen molar-refractivity contribution >= 4 is 34.4 Å². The van der Waals surface area contributed by atoms with Gasteiger partial charge in [-0.1, -0.05) is 11.6 Å². The molecule has 2 rings (SSSR count). The second-order valence-electron chi connectivity index (χ2n) is 5.57. The molecule has 0 atom stereocenters. The zero-order valence-electron chi connectivity index (χ0n) is 13.5. The zero-order chi connectivity index (χ0) is 17.0. The quantitative estimate of drug-likeness (QED) is 0.781. The number of carbonyl (C=O) groups excluding carboxylic acids is 2. The molecule has 7 heteroatoms. The van der Waals surface area contributed by atoms with Gasteiger partial charge in [0.15, 0.2) is 0 Å². The van der Waals surface area contributed by atoms with E-state index in [1.807, 2.05) is 25.1 Å². The molecule has 124 valence electrons. The number of halogens is 1. The van der Waals surface area contributed by atoms with Gasteiger partial charge in [0, 0.05) is 42.3 Å². The third-order valence-electron chi connectivity index (χ3n) is 3.59. The Labute approximate surface area is 140 Å². The molecule has 0 saturated heterocycles. The molecule has 1 aromatic carbocycles. The molecule has 0 saturated carbocycles. The number of urea groups is 1. The van der Waals surface area contributed by atoms with Crippen LogP contribution in [0, 0.1) is 6.92 Å². The van der Waals surface area contributed by atoms with Crippen molar-refractivity contribution in [3.63, 3.8) is 0 Å². The average Bonchev–Trinajstić information content (AvgIpc) is 2.80. The summed E-state index contributed by atoms with van der Waals surface area (Å²) in [6.45, 7) is 2.47. The Balaban J connectivity index is 1.89. The van der Waals surface area contributed by atoms with E-state index in [0.29, 0.717) is 18.0 Å². The molecule has 3 amide bonds. The molecule has 0 aliphatic carbocycles. The van der Waals surface area contributed by atoms with Crippen LogP contribution in [0.15, 0.2) is 18.2 Å². The van der Waals surface area contributed by atoms with Crippen LogP contribution in [0.2, 0.25) is 5.02 Å². The Morgan fingerprint density at radius 3 is 2.70 bits per heavy atom. The topological polar surface area (TPSA) is 77.2 Å². The summed E-state index contributed by atoms with van der Waals surface area (Å²) in [6.07, 6.45) is 0.694. The number of H-pyrrole nitrogens is 1. The first-order valence-electron chi connectivity index (χ1n) is 7.37. The van der Waals surface area contributed by atoms with E-state index in [4.69, 9.17) is 11.6 Å². The van der Waals surface area contributed by atoms with Crippen LogP contribution in [-0.2, 0) is 11.2 Å². The number of hydrogen-bond donors (Lipinski definition) is 3. The van der Waals surface area contributed by atoms with Gasteiger partial charge in [0.1, 0.15) is 0 Å². The molecule has 2 aromatic rings. The van der Waals surface area contributed by atoms with Gasteiger partial charge < -0.3 is 20.5 Å². The molecule has 0 aliphatic heterocycles. The first-order chi connectivity index (χ1) is 10.9. The second-order valence-corrected chi connectivity index (χ2v) is 6.01. The minimum atomic E-state index is -0.290. The Kier molecular flexibility index (Phi) is 5.50. The van der Waals surface area contributed by atoms with E-state index in [2.05, 4.69) is 15.6 Å². The molecule has 0 spiro atoms. The van der Waals surface area contributed by atoms with Crippen molar-refractivity contribution in [1.29, 1.82) is 0 Å². The molecule has 0 radical (unpaired) electrons. The van der Waals surface area contributed by atoms with E-state index in [9.17, 15) is 9.59 Å². The molecule has 23 heavy (non-hydrogen) atoms. The normalized spacial score (nSPS) is 10.6. The van der Waals surface area contributed by atoms with Gasteiger partial charge in [-0.3, -0.25) is 4.79 Å². The lowest BCUT2D eigenvalue weighted by Gasteiger charge is -2.12. The maximum Gasteiger partial charge on any atom is 0.317 e. The highest BCUT2D eigenvalue weighted by Crippen LogP contribution is 2.25. The van der Waals surface area contributed by atoms with Gasteiger partial charge in [-0.25, -0.2) is 4.79 Å². The fourth-order valence-corrected chi connectivity index (χ4v) is 2.55. The lowest BCUT2D eigenvalue weighted by Crippen LogP contribution is -2.41. The average molecular weight is 337 g/mol. The highest BCUT2D eigenvalue weighted by Gasteiger charge is 2.10. The van der Waals surface area contributed by atoms with Crippen molar-refractivity contribution in [3.05, 3.63) is 34.5 Å². The molecule has 1 aromatic heterocycles. The summed E-state index contributed by atoms with van der Waals surface area (Å²) >= 11 is 6.05. The number of hydrogen-bond acceptors (Lipinski definition) is 2. The molecule has 0 bridgehead atoms. The molecule has 1 heterocycles. The van der Waals surface area contributed by atoms with E-state index < -0.39 is 0 Å². The van der Waals surface area contributed by atoms with Crippen LogP contribution in [0.4, 0.5) is 4.79 Å². The highest BCUT2D eigenvalue weighted by molar-refractivity contribution is 6.31. The lowest BCUT2D eigenvalue weighted by molar-refractivity contribution is -0.120. The van der Waals surface area contributed by atoms with Crippen molar-refractivity contribution < 1.29 is 9.59 Å². The summed E-state index contributed by atoms with van der Waals surface area (Å²) in [4.78, 5) is 27.8. The van der Waals surface area contributed by atoms with Crippen LogP contribution in [0.3, 0.4) is 0 Å². The Bertz CT molecular complexity index is 724. The van der Waals surface area contributed by atoms with Crippen molar-refractivity contribution in [1.82, 2.24) is 20.5 Å². The monoisotopic (exact) mass is 336 g/mol. The second kappa shape index (κ2) is 7.37. The van der Waals surface area contributed by atoms with Gasteiger partial charge >= 0.3 is 6.03 Å². The van der Waals surface area contributed by atoms with E-state index in [1.54, 1.807) is 14.1 Å². The van der Waals surface area contributed by atoms with E-state index in [1.165, 1.54) is 4.90 Å². The van der Waals surface area contributed by atoms with Crippen LogP contribution in [0.1, 0.15) is 11.3 Å². The van der Waals surface area contributed by atoms with Gasteiger partial charge in [-0.15, -0.1) is 0 Å². The van der Waals surface area contributed by atoms with Crippen molar-refractivity contribution in [2.75, 3.05) is 27.2 Å². The number of aromatic nitrogens is 1. The standard InChI is InChI=1S/C16H21ClN4O2/c1-10-12(13-8-11(17)4-5-14(13)20-10)6-7-18-15(22)9-19-16(23)21(2)3/h4-5,8,20H,6-7,9H2,1-3H3,(H,18,22)(H,19,23). The summed E-state index contributed by atoms with van der Waals surface area (Å²) in [5.74, 6) is -0.212. The largest absolute Gasteiger partial charge is 0.358 e. The molecule has 0 aliphatic rings. The number of nitrogens with zero attached hydrogens (tertiary/aromatic N) is 1. The third kappa shape index (κ3) is 4.39. The van der Waals surface area contributed by atoms with Gasteiger partial charge in [0.2, 0.25) is 5.91 Å². The smallest absolute Gasteiger partial charge is 0.317 e. The summed E-state index contributed by atoms with van der Waals surface area (Å²) in [5.41, 5.74) is 3.24.